The van der Waals surface area contributed by atoms with Crippen molar-refractivity contribution in [1.82, 2.24) is 10.4 Å². The summed E-state index contributed by atoms with van der Waals surface area (Å²) < 4.78 is 10.7. The van der Waals surface area contributed by atoms with Crippen LogP contribution in [0.15, 0.2) is 35.5 Å². The van der Waals surface area contributed by atoms with Gasteiger partial charge in [0.25, 0.3) is 0 Å². The maximum Gasteiger partial charge on any atom is 0.431 e. The summed E-state index contributed by atoms with van der Waals surface area (Å²) in [5.41, 5.74) is -0.701. The number of oxime groups is 1. The summed E-state index contributed by atoms with van der Waals surface area (Å²) in [6.45, 7) is 11.5. The highest BCUT2D eigenvalue weighted by atomic mass is 16.7. The number of rotatable bonds is 2. The van der Waals surface area contributed by atoms with Crippen molar-refractivity contribution >= 4 is 23.9 Å². The van der Waals surface area contributed by atoms with Crippen LogP contribution in [0.2, 0.25) is 0 Å². The van der Waals surface area contributed by atoms with Crippen LogP contribution in [0.3, 0.4) is 0 Å². The number of hydrazine groups is 1. The van der Waals surface area contributed by atoms with Crippen molar-refractivity contribution in [2.24, 2.45) is 5.16 Å². The van der Waals surface area contributed by atoms with Gasteiger partial charge in [0.1, 0.15) is 11.2 Å². The van der Waals surface area contributed by atoms with Gasteiger partial charge in [-0.1, -0.05) is 35.5 Å². The highest BCUT2D eigenvalue weighted by Gasteiger charge is 2.58. The van der Waals surface area contributed by atoms with Crippen LogP contribution in [0.4, 0.5) is 9.59 Å². The Labute approximate surface area is 169 Å². The summed E-state index contributed by atoms with van der Waals surface area (Å²) in [6.07, 6.45) is -1.91. The molecule has 1 aliphatic heterocycles. The molecule has 1 atom stereocenters. The lowest BCUT2D eigenvalue weighted by Crippen LogP contribution is -2.64. The van der Waals surface area contributed by atoms with E-state index in [1.54, 1.807) is 71.9 Å². The van der Waals surface area contributed by atoms with E-state index in [9.17, 15) is 14.4 Å². The minimum atomic E-state index is -1.85. The summed E-state index contributed by atoms with van der Waals surface area (Å²) in [4.78, 5) is 43.4. The molecule has 1 aromatic carbocycles. The molecule has 0 aliphatic carbocycles. The average Bonchev–Trinajstić information content (AvgIpc) is 2.86. The Morgan fingerprint density at radius 2 is 1.59 bits per heavy atom. The first-order chi connectivity index (χ1) is 13.3. The molecule has 158 valence electrons. The molecule has 1 aliphatic rings. The van der Waals surface area contributed by atoms with Gasteiger partial charge in [0.15, 0.2) is 0 Å². The molecule has 9 heteroatoms. The van der Waals surface area contributed by atoms with Gasteiger partial charge in [-0.05, 0) is 54.0 Å². The Balaban J connectivity index is 2.59. The molecule has 29 heavy (non-hydrogen) atoms. The van der Waals surface area contributed by atoms with E-state index in [2.05, 4.69) is 10.6 Å². The summed E-state index contributed by atoms with van der Waals surface area (Å²) in [5, 5.41) is 4.53. The largest absolute Gasteiger partial charge is 0.443 e. The van der Waals surface area contributed by atoms with Crippen molar-refractivity contribution < 1.29 is 28.7 Å². The molecule has 2 rings (SSSR count). The number of amides is 2. The number of benzene rings is 1. The van der Waals surface area contributed by atoms with Crippen LogP contribution in [0.1, 0.15) is 54.0 Å². The Morgan fingerprint density at radius 1 is 1.03 bits per heavy atom. The van der Waals surface area contributed by atoms with Crippen LogP contribution in [-0.4, -0.2) is 40.1 Å². The molecular weight excluding hydrogens is 378 g/mol. The van der Waals surface area contributed by atoms with E-state index < -0.39 is 34.9 Å². The topological polar surface area (TPSA) is 107 Å². The predicted molar refractivity (Wildman–Crippen MR) is 105 cm³/mol. The van der Waals surface area contributed by atoms with Crippen molar-refractivity contribution in [1.29, 1.82) is 0 Å². The maximum absolute atomic E-state index is 13.1. The minimum absolute atomic E-state index is 0.149. The smallest absolute Gasteiger partial charge is 0.431 e. The van der Waals surface area contributed by atoms with Gasteiger partial charge >= 0.3 is 18.2 Å². The van der Waals surface area contributed by atoms with Crippen LogP contribution in [0, 0.1) is 0 Å². The third kappa shape index (κ3) is 4.85. The number of carbonyl (C=O) groups excluding carboxylic acids is 3. The third-order valence-corrected chi connectivity index (χ3v) is 3.79. The fourth-order valence-corrected chi connectivity index (χ4v) is 2.74. The van der Waals surface area contributed by atoms with Crippen LogP contribution in [0.25, 0.3) is 0 Å². The normalized spacial score (nSPS) is 19.1. The highest BCUT2D eigenvalue weighted by Crippen LogP contribution is 2.36. The van der Waals surface area contributed by atoms with Gasteiger partial charge < -0.3 is 14.3 Å². The summed E-state index contributed by atoms with van der Waals surface area (Å²) >= 11 is 0. The number of hydrogen-bond donors (Lipinski definition) is 1. The van der Waals surface area contributed by atoms with E-state index >= 15 is 0 Å². The molecule has 0 fully saturated rings. The van der Waals surface area contributed by atoms with E-state index in [-0.39, 0.29) is 5.71 Å². The van der Waals surface area contributed by atoms with Gasteiger partial charge in [-0.15, -0.1) is 0 Å². The molecule has 1 aromatic rings. The Morgan fingerprint density at radius 3 is 2.03 bits per heavy atom. The zero-order valence-electron chi connectivity index (χ0n) is 17.7. The molecule has 0 saturated heterocycles. The van der Waals surface area contributed by atoms with Crippen LogP contribution >= 0.6 is 0 Å². The molecule has 0 aromatic heterocycles. The Kier molecular flexibility index (Phi) is 5.91. The van der Waals surface area contributed by atoms with Crippen LogP contribution in [0.5, 0.6) is 0 Å². The lowest BCUT2D eigenvalue weighted by atomic mass is 9.85. The zero-order chi connectivity index (χ0) is 22.0. The molecule has 0 saturated carbocycles. The van der Waals surface area contributed by atoms with Crippen molar-refractivity contribution in [2.75, 3.05) is 0 Å². The van der Waals surface area contributed by atoms with E-state index in [0.717, 1.165) is 5.01 Å². The van der Waals surface area contributed by atoms with Crippen molar-refractivity contribution in [3.8, 4) is 0 Å². The first-order valence-corrected chi connectivity index (χ1v) is 9.12. The molecule has 0 spiro atoms. The molecule has 1 heterocycles. The first-order valence-electron chi connectivity index (χ1n) is 9.12. The SMILES string of the molecule is CC1=NOC(=O)C1(c1ccccc1)N(NC(=O)OC(C)(C)C)C(=O)OC(C)(C)C. The van der Waals surface area contributed by atoms with Crippen LogP contribution < -0.4 is 5.43 Å². The highest BCUT2D eigenvalue weighted by molar-refractivity contribution is 6.15. The maximum atomic E-state index is 13.1. The zero-order valence-corrected chi connectivity index (χ0v) is 17.7. The number of nitrogens with zero attached hydrogens (tertiary/aromatic N) is 2. The van der Waals surface area contributed by atoms with Gasteiger partial charge in [0.05, 0.1) is 5.71 Å². The number of hydrogen-bond acceptors (Lipinski definition) is 7. The molecule has 0 bridgehead atoms. The standard InChI is InChI=1S/C20H27N3O6/c1-13-20(15(24)29-22-13,14-11-9-8-10-12-14)23(17(26)28-19(5,6)7)21-16(25)27-18(2,3)4/h8-12H,1-7H3,(H,21,25). The fourth-order valence-electron chi connectivity index (χ4n) is 2.74. The van der Waals surface area contributed by atoms with Gasteiger partial charge in [0, 0.05) is 0 Å². The second kappa shape index (κ2) is 7.73. The fraction of sp³-hybridized carbons (Fsp3) is 0.500. The summed E-state index contributed by atoms with van der Waals surface area (Å²) in [7, 11) is 0. The van der Waals surface area contributed by atoms with E-state index in [0.29, 0.717) is 5.56 Å². The lowest BCUT2D eigenvalue weighted by molar-refractivity contribution is -0.151. The average molecular weight is 405 g/mol. The Hall–Kier alpha value is -3.10. The molecular formula is C20H27N3O6. The van der Waals surface area contributed by atoms with Gasteiger partial charge in [-0.25, -0.2) is 19.8 Å². The monoisotopic (exact) mass is 405 g/mol. The molecule has 1 N–H and O–H groups in total. The van der Waals surface area contributed by atoms with Gasteiger partial charge in [0.2, 0.25) is 5.54 Å². The molecule has 0 radical (unpaired) electrons. The number of carbonyl (C=O) groups is 3. The van der Waals surface area contributed by atoms with Crippen molar-refractivity contribution in [3.05, 3.63) is 35.9 Å². The van der Waals surface area contributed by atoms with Crippen molar-refractivity contribution in [3.63, 3.8) is 0 Å². The van der Waals surface area contributed by atoms with Gasteiger partial charge in [-0.2, -0.15) is 5.01 Å². The summed E-state index contributed by atoms with van der Waals surface area (Å²) in [5.74, 6) is -0.858. The van der Waals surface area contributed by atoms with Crippen molar-refractivity contribution in [2.45, 2.75) is 65.2 Å². The van der Waals surface area contributed by atoms with Crippen LogP contribution in [-0.2, 0) is 24.6 Å². The molecule has 9 nitrogen and oxygen atoms in total. The Bertz CT molecular complexity index is 823. The van der Waals surface area contributed by atoms with Gasteiger partial charge in [-0.3, -0.25) is 0 Å². The lowest BCUT2D eigenvalue weighted by Gasteiger charge is -2.38. The quantitative estimate of drug-likeness (QED) is 0.596. The second-order valence-corrected chi connectivity index (χ2v) is 8.56. The number of ether oxygens (including phenoxy) is 2. The second-order valence-electron chi connectivity index (χ2n) is 8.56. The van der Waals surface area contributed by atoms with E-state index in [1.165, 1.54) is 6.92 Å². The minimum Gasteiger partial charge on any atom is -0.443 e. The molecule has 1 unspecified atom stereocenters. The number of nitrogens with one attached hydrogen (secondary N) is 1. The van der Waals surface area contributed by atoms with E-state index in [1.807, 2.05) is 0 Å². The first kappa shape index (κ1) is 22.2. The predicted octanol–water partition coefficient (Wildman–Crippen LogP) is 3.49. The van der Waals surface area contributed by atoms with E-state index in [4.69, 9.17) is 14.3 Å². The summed E-state index contributed by atoms with van der Waals surface area (Å²) in [6, 6.07) is 8.38. The molecule has 2 amide bonds. The third-order valence-electron chi connectivity index (χ3n) is 3.79.